The summed E-state index contributed by atoms with van der Waals surface area (Å²) in [6.07, 6.45) is 2.98. The van der Waals surface area contributed by atoms with Gasteiger partial charge in [0.15, 0.2) is 0 Å². The van der Waals surface area contributed by atoms with Crippen LogP contribution in [0.3, 0.4) is 0 Å². The average Bonchev–Trinajstić information content (AvgIpc) is 2.06. The number of nitrogens with zero attached hydrogens (tertiary/aromatic N) is 1. The quantitative estimate of drug-likeness (QED) is 0.697. The van der Waals surface area contributed by atoms with Gasteiger partial charge in [-0.1, -0.05) is 0 Å². The van der Waals surface area contributed by atoms with E-state index in [0.29, 0.717) is 14.6 Å². The Labute approximate surface area is 124 Å². The molecule has 0 aromatic carbocycles. The molecular weight excluding hydrogens is 306 g/mol. The van der Waals surface area contributed by atoms with Gasteiger partial charge in [0.05, 0.1) is 14.2 Å². The first-order valence-corrected chi connectivity index (χ1v) is 9.76. The molecule has 4 aliphatic rings. The van der Waals surface area contributed by atoms with E-state index < -0.39 is 0 Å². The largest absolute Gasteiger partial charge is 0.198 e. The van der Waals surface area contributed by atoms with Crippen LogP contribution in [0.15, 0.2) is 0 Å². The first-order chi connectivity index (χ1) is 7.80. The molecule has 94 valence electrons. The molecule has 0 saturated carbocycles. The Balaban J connectivity index is 1.96. The Morgan fingerprint density at radius 3 is 2.06 bits per heavy atom. The van der Waals surface area contributed by atoms with Crippen molar-refractivity contribution in [3.05, 3.63) is 0 Å². The number of nitriles is 1. The lowest BCUT2D eigenvalue weighted by Crippen LogP contribution is -2.54. The summed E-state index contributed by atoms with van der Waals surface area (Å²) in [5, 5.41) is 8.87. The minimum atomic E-state index is 0.225. The summed E-state index contributed by atoms with van der Waals surface area (Å²) in [5.74, 6) is 0. The molecule has 4 aliphatic heterocycles. The fraction of sp³-hybridized carbons (Fsp3) is 0.909. The lowest BCUT2D eigenvalue weighted by Gasteiger charge is -2.65. The third kappa shape index (κ3) is 2.24. The van der Waals surface area contributed by atoms with Crippen LogP contribution in [0.2, 0.25) is 0 Å². The maximum Gasteiger partial charge on any atom is 0.112 e. The second kappa shape index (κ2) is 3.88. The summed E-state index contributed by atoms with van der Waals surface area (Å²) in [7, 11) is 0. The Kier molecular flexibility index (Phi) is 3.02. The maximum absolute atomic E-state index is 8.87. The van der Waals surface area contributed by atoms with E-state index in [-0.39, 0.29) is 6.82 Å². The van der Waals surface area contributed by atoms with Gasteiger partial charge in [0.1, 0.15) is 6.82 Å². The molecule has 4 saturated heterocycles. The summed E-state index contributed by atoms with van der Waals surface area (Å²) in [4.78, 5) is 0. The zero-order chi connectivity index (χ0) is 12.4. The van der Waals surface area contributed by atoms with Gasteiger partial charge in [-0.25, -0.2) is 0 Å². The highest BCUT2D eigenvalue weighted by Gasteiger charge is 2.67. The molecule has 0 amide bonds. The van der Waals surface area contributed by atoms with Crippen molar-refractivity contribution in [1.82, 2.24) is 0 Å². The monoisotopic (exact) mass is 321 g/mol. The van der Waals surface area contributed by atoms with Crippen LogP contribution in [0, 0.1) is 11.3 Å². The van der Waals surface area contributed by atoms with E-state index >= 15 is 0 Å². The fourth-order valence-electron chi connectivity index (χ4n) is 2.98. The summed E-state index contributed by atoms with van der Waals surface area (Å²) in [6.45, 7) is 7.18. The van der Waals surface area contributed by atoms with Gasteiger partial charge in [-0.2, -0.15) is 5.26 Å². The molecule has 2 unspecified atom stereocenters. The molecule has 0 N–H and O–H groups in total. The molecule has 6 heteroatoms. The van der Waals surface area contributed by atoms with Crippen molar-refractivity contribution >= 4 is 58.8 Å². The van der Waals surface area contributed by atoms with E-state index in [4.69, 9.17) is 5.26 Å². The maximum atomic E-state index is 8.87. The molecule has 0 aromatic rings. The minimum absolute atomic E-state index is 0.225. The molecule has 4 atom stereocenters. The first-order valence-electron chi connectivity index (χ1n) is 5.68. The van der Waals surface area contributed by atoms with Crippen LogP contribution in [0.25, 0.3) is 0 Å². The Bertz CT molecular complexity index is 350. The van der Waals surface area contributed by atoms with Gasteiger partial charge in [0.2, 0.25) is 0 Å². The summed E-state index contributed by atoms with van der Waals surface area (Å²) >= 11 is 10.6. The van der Waals surface area contributed by atoms with Crippen LogP contribution in [0.4, 0.5) is 0 Å². The summed E-state index contributed by atoms with van der Waals surface area (Å²) in [5.41, 5.74) is 0. The van der Waals surface area contributed by atoms with Gasteiger partial charge in [-0.05, 0) is 33.6 Å². The number of thioether (sulfide) groups is 5. The molecule has 17 heavy (non-hydrogen) atoms. The second-order valence-electron chi connectivity index (χ2n) is 5.16. The van der Waals surface area contributed by atoms with Gasteiger partial charge in [-0.15, -0.1) is 58.8 Å². The van der Waals surface area contributed by atoms with Gasteiger partial charge < -0.3 is 0 Å². The van der Waals surface area contributed by atoms with Crippen LogP contribution in [-0.4, -0.2) is 15.0 Å². The fourth-order valence-corrected chi connectivity index (χ4v) is 20.2. The van der Waals surface area contributed by atoms with Gasteiger partial charge in [0, 0.05) is 6.42 Å². The van der Waals surface area contributed by atoms with E-state index in [1.807, 2.05) is 0 Å². The lowest BCUT2D eigenvalue weighted by molar-refractivity contribution is 0.682. The van der Waals surface area contributed by atoms with E-state index in [1.165, 1.54) is 6.42 Å². The van der Waals surface area contributed by atoms with Crippen molar-refractivity contribution in [2.24, 2.45) is 0 Å². The van der Waals surface area contributed by atoms with Crippen LogP contribution in [0.5, 0.6) is 0 Å². The molecule has 4 bridgehead atoms. The van der Waals surface area contributed by atoms with Crippen LogP contribution in [-0.2, 0) is 0 Å². The SMILES string of the molecule is CC12SC3(CCC#N)S[C@@](C)(C[C@](C)(S1)S3)S2. The normalized spacial score (nSPS) is 55.9. The second-order valence-corrected chi connectivity index (χ2v) is 16.4. The number of hydrogen-bond acceptors (Lipinski definition) is 6. The summed E-state index contributed by atoms with van der Waals surface area (Å²) < 4.78 is 1.21. The third-order valence-electron chi connectivity index (χ3n) is 3.07. The van der Waals surface area contributed by atoms with E-state index in [0.717, 1.165) is 6.42 Å². The predicted molar refractivity (Wildman–Crippen MR) is 85.4 cm³/mol. The van der Waals surface area contributed by atoms with Crippen molar-refractivity contribution in [1.29, 1.82) is 5.26 Å². The molecule has 4 rings (SSSR count). The topological polar surface area (TPSA) is 23.8 Å². The number of rotatable bonds is 2. The Hall–Kier alpha value is 1.24. The highest BCUT2D eigenvalue weighted by molar-refractivity contribution is 8.54. The Morgan fingerprint density at radius 2 is 1.59 bits per heavy atom. The standard InChI is InChI=1S/C11H15NS5/c1-8-7-9(2)14-10(3,13-8)17-11(15-8,16-9)5-4-6-12/h4-5,7H2,1-3H3/t8-,9+,10?,11?. The molecule has 0 aromatic heterocycles. The molecular formula is C11H15NS5. The molecule has 0 radical (unpaired) electrons. The molecule has 0 spiro atoms. The minimum Gasteiger partial charge on any atom is -0.198 e. The first kappa shape index (κ1) is 13.2. The molecule has 1 nitrogen and oxygen atoms in total. The van der Waals surface area contributed by atoms with Gasteiger partial charge in [0.25, 0.3) is 0 Å². The van der Waals surface area contributed by atoms with Crippen molar-refractivity contribution in [3.63, 3.8) is 0 Å². The van der Waals surface area contributed by atoms with Crippen molar-refractivity contribution in [3.8, 4) is 6.07 Å². The van der Waals surface area contributed by atoms with E-state index in [2.05, 4.69) is 85.6 Å². The number of hydrogen-bond donors (Lipinski definition) is 0. The van der Waals surface area contributed by atoms with Crippen molar-refractivity contribution in [2.45, 2.75) is 55.0 Å². The average molecular weight is 322 g/mol. The van der Waals surface area contributed by atoms with E-state index in [9.17, 15) is 0 Å². The zero-order valence-corrected chi connectivity index (χ0v) is 14.2. The third-order valence-corrected chi connectivity index (χ3v) is 12.0. The highest BCUT2D eigenvalue weighted by atomic mass is 32.3. The molecule has 0 aliphatic carbocycles. The van der Waals surface area contributed by atoms with Crippen LogP contribution in [0.1, 0.15) is 40.0 Å². The van der Waals surface area contributed by atoms with Gasteiger partial charge >= 0.3 is 0 Å². The van der Waals surface area contributed by atoms with Crippen LogP contribution >= 0.6 is 58.8 Å². The molecule has 4 heterocycles. The van der Waals surface area contributed by atoms with Crippen LogP contribution < -0.4 is 0 Å². The lowest BCUT2D eigenvalue weighted by atomic mass is 10.2. The Morgan fingerprint density at radius 1 is 1.00 bits per heavy atom. The highest BCUT2D eigenvalue weighted by Crippen LogP contribution is 2.85. The molecule has 4 fully saturated rings. The van der Waals surface area contributed by atoms with E-state index in [1.54, 1.807) is 0 Å². The predicted octanol–water partition coefficient (Wildman–Crippen LogP) is 5.15. The summed E-state index contributed by atoms with van der Waals surface area (Å²) in [6, 6.07) is 2.33. The van der Waals surface area contributed by atoms with Crippen molar-refractivity contribution in [2.75, 3.05) is 0 Å². The van der Waals surface area contributed by atoms with Crippen molar-refractivity contribution < 1.29 is 0 Å². The smallest absolute Gasteiger partial charge is 0.112 e. The zero-order valence-electron chi connectivity index (χ0n) is 10.1. The van der Waals surface area contributed by atoms with Gasteiger partial charge in [-0.3, -0.25) is 0 Å².